The molecule has 2 N–H and O–H groups in total. The lowest BCUT2D eigenvalue weighted by molar-refractivity contribution is -0.137. The monoisotopic (exact) mass is 558 g/mol. The highest BCUT2D eigenvalue weighted by Crippen LogP contribution is 2.42. The Morgan fingerprint density at radius 1 is 1.08 bits per heavy atom. The first kappa shape index (κ1) is 25.8. The predicted molar refractivity (Wildman–Crippen MR) is 121 cm³/mol. The fraction of sp³-hybridized carbons (Fsp3) is 0.208. The molecule has 38 heavy (non-hydrogen) atoms. The molecule has 2 aliphatic rings. The van der Waals surface area contributed by atoms with Gasteiger partial charge < -0.3 is 15.5 Å². The number of carbonyl (C=O) groups excluding carboxylic acids is 2. The van der Waals surface area contributed by atoms with E-state index in [-0.39, 0.29) is 39.4 Å². The number of hydrogen-bond donors (Lipinski definition) is 2. The Morgan fingerprint density at radius 3 is 2.45 bits per heavy atom. The lowest BCUT2D eigenvalue weighted by Crippen LogP contribution is -2.56. The van der Waals surface area contributed by atoms with Crippen LogP contribution in [0.25, 0.3) is 0 Å². The largest absolute Gasteiger partial charge is 0.416 e. The van der Waals surface area contributed by atoms with E-state index in [0.29, 0.717) is 12.1 Å². The van der Waals surface area contributed by atoms with Gasteiger partial charge in [0.1, 0.15) is 23.1 Å². The Balaban J connectivity index is 1.61. The molecule has 2 aliphatic heterocycles. The Kier molecular flexibility index (Phi) is 6.01. The number of rotatable bonds is 4. The van der Waals surface area contributed by atoms with Gasteiger partial charge in [0.05, 0.1) is 30.4 Å². The summed E-state index contributed by atoms with van der Waals surface area (Å²) in [6.45, 7) is -1.46. The molecule has 14 heteroatoms. The number of aromatic nitrogens is 1. The zero-order chi connectivity index (χ0) is 27.6. The molecule has 5 rings (SSSR count). The molecule has 0 aliphatic carbocycles. The maximum Gasteiger partial charge on any atom is 0.416 e. The first-order chi connectivity index (χ1) is 17.7. The minimum atomic E-state index is -4.94. The third kappa shape index (κ3) is 4.73. The molecule has 198 valence electrons. The molecule has 0 radical (unpaired) electrons. The summed E-state index contributed by atoms with van der Waals surface area (Å²) >= 11 is 6.20. The maximum atomic E-state index is 14.0. The molecule has 0 saturated carbocycles. The summed E-state index contributed by atoms with van der Waals surface area (Å²) < 4.78 is 94.4. The van der Waals surface area contributed by atoms with E-state index in [0.717, 1.165) is 23.1 Å². The number of fused-ring (bicyclic) bond motifs is 1. The molecule has 0 spiro atoms. The quantitative estimate of drug-likeness (QED) is 0.411. The third-order valence-corrected chi connectivity index (χ3v) is 6.34. The van der Waals surface area contributed by atoms with Crippen LogP contribution in [-0.4, -0.2) is 35.8 Å². The summed E-state index contributed by atoms with van der Waals surface area (Å²) in [6, 6.07) is 4.54. The van der Waals surface area contributed by atoms with Crippen molar-refractivity contribution < 1.29 is 40.3 Å². The molecular weight excluding hydrogens is 545 g/mol. The molecule has 2 amide bonds. The molecule has 3 heterocycles. The number of hydrogen-bond acceptors (Lipinski definition) is 4. The summed E-state index contributed by atoms with van der Waals surface area (Å²) in [5.74, 6) is -7.15. The number of nitrogens with zero attached hydrogens (tertiary/aromatic N) is 2. The van der Waals surface area contributed by atoms with E-state index in [4.69, 9.17) is 11.6 Å². The number of halogens is 8. The van der Waals surface area contributed by atoms with Crippen LogP contribution < -0.4 is 15.5 Å². The van der Waals surface area contributed by atoms with Crippen LogP contribution in [-0.2, 0) is 6.18 Å². The van der Waals surface area contributed by atoms with Crippen molar-refractivity contribution in [3.05, 3.63) is 87.1 Å². The second kappa shape index (κ2) is 8.86. The Labute approximate surface area is 214 Å². The van der Waals surface area contributed by atoms with Gasteiger partial charge in [0.15, 0.2) is 0 Å². The molecule has 1 atom stereocenters. The van der Waals surface area contributed by atoms with E-state index in [1.165, 1.54) is 6.07 Å². The lowest BCUT2D eigenvalue weighted by Gasteiger charge is -2.39. The first-order valence-corrected chi connectivity index (χ1v) is 11.2. The standard InChI is InChI=1S/C24H14ClF7N4O2/c25-15-2-1-12(26)6-14(15)19-18-16(33-21(37)10-3-11(24(30,31)32)5-13(27)4-10)7-17(34-20(18)22(38)35-19)36-8-23(28,29)9-36/h1-7,19H,8-9H2,(H,35,38)(H,33,34,37). The molecule has 1 aromatic heterocycles. The fourth-order valence-corrected chi connectivity index (χ4v) is 4.49. The van der Waals surface area contributed by atoms with E-state index in [9.17, 15) is 40.3 Å². The van der Waals surface area contributed by atoms with Gasteiger partial charge in [-0.05, 0) is 36.4 Å². The molecule has 1 saturated heterocycles. The van der Waals surface area contributed by atoms with Crippen LogP contribution >= 0.6 is 11.6 Å². The van der Waals surface area contributed by atoms with E-state index in [1.807, 2.05) is 0 Å². The number of anilines is 2. The van der Waals surface area contributed by atoms with E-state index >= 15 is 0 Å². The van der Waals surface area contributed by atoms with E-state index in [2.05, 4.69) is 15.6 Å². The number of alkyl halides is 5. The van der Waals surface area contributed by atoms with E-state index in [1.54, 1.807) is 0 Å². The molecule has 6 nitrogen and oxygen atoms in total. The van der Waals surface area contributed by atoms with Crippen LogP contribution in [0.5, 0.6) is 0 Å². The van der Waals surface area contributed by atoms with Crippen molar-refractivity contribution in [3.63, 3.8) is 0 Å². The van der Waals surface area contributed by atoms with Gasteiger partial charge in [0.25, 0.3) is 17.7 Å². The van der Waals surface area contributed by atoms with E-state index < -0.39 is 65.8 Å². The van der Waals surface area contributed by atoms with Crippen molar-refractivity contribution in [3.8, 4) is 0 Å². The van der Waals surface area contributed by atoms with Crippen molar-refractivity contribution in [1.82, 2.24) is 10.3 Å². The second-order valence-electron chi connectivity index (χ2n) is 8.76. The highest BCUT2D eigenvalue weighted by Gasteiger charge is 2.46. The van der Waals surface area contributed by atoms with Crippen LogP contribution in [0.2, 0.25) is 5.02 Å². The van der Waals surface area contributed by atoms with Crippen LogP contribution in [0.1, 0.15) is 43.6 Å². The average molecular weight is 559 g/mol. The summed E-state index contributed by atoms with van der Waals surface area (Å²) in [5, 5.41) is 4.90. The maximum absolute atomic E-state index is 14.0. The van der Waals surface area contributed by atoms with Crippen LogP contribution in [0.15, 0.2) is 42.5 Å². The zero-order valence-electron chi connectivity index (χ0n) is 18.8. The van der Waals surface area contributed by atoms with Crippen LogP contribution in [0.4, 0.5) is 42.2 Å². The Morgan fingerprint density at radius 2 is 1.79 bits per heavy atom. The van der Waals surface area contributed by atoms with Gasteiger partial charge in [0, 0.05) is 27.8 Å². The highest BCUT2D eigenvalue weighted by molar-refractivity contribution is 6.31. The van der Waals surface area contributed by atoms with Crippen molar-refractivity contribution in [2.24, 2.45) is 0 Å². The predicted octanol–water partition coefficient (Wildman–Crippen LogP) is 5.57. The molecule has 0 bridgehead atoms. The van der Waals surface area contributed by atoms with Gasteiger partial charge in [-0.1, -0.05) is 11.6 Å². The first-order valence-electron chi connectivity index (χ1n) is 10.8. The SMILES string of the molecule is O=C(Nc1cc(N2CC(F)(F)C2)nc2c1C(c1cc(F)ccc1Cl)NC2=O)c1cc(F)cc(C(F)(F)F)c1. The highest BCUT2D eigenvalue weighted by atomic mass is 35.5. The van der Waals surface area contributed by atoms with Crippen molar-refractivity contribution in [2.45, 2.75) is 18.1 Å². The third-order valence-electron chi connectivity index (χ3n) is 6.00. The second-order valence-corrected chi connectivity index (χ2v) is 9.16. The molecule has 1 fully saturated rings. The van der Waals surface area contributed by atoms with Crippen molar-refractivity contribution >= 4 is 34.9 Å². The Bertz CT molecular complexity index is 1490. The van der Waals surface area contributed by atoms with Gasteiger partial charge in [-0.15, -0.1) is 0 Å². The fourth-order valence-electron chi connectivity index (χ4n) is 4.27. The lowest BCUT2D eigenvalue weighted by atomic mass is 9.98. The van der Waals surface area contributed by atoms with Gasteiger partial charge >= 0.3 is 6.18 Å². The average Bonchev–Trinajstić information content (AvgIpc) is 3.14. The Hall–Kier alpha value is -3.87. The number of carbonyl (C=O) groups is 2. The number of pyridine rings is 1. The number of nitrogens with one attached hydrogen (secondary N) is 2. The minimum Gasteiger partial charge on any atom is -0.344 e. The molecule has 2 aromatic carbocycles. The van der Waals surface area contributed by atoms with Crippen LogP contribution in [0.3, 0.4) is 0 Å². The zero-order valence-corrected chi connectivity index (χ0v) is 19.5. The van der Waals surface area contributed by atoms with Crippen molar-refractivity contribution in [1.29, 1.82) is 0 Å². The van der Waals surface area contributed by atoms with Gasteiger partial charge in [-0.25, -0.2) is 22.5 Å². The van der Waals surface area contributed by atoms with Gasteiger partial charge in [0.2, 0.25) is 0 Å². The summed E-state index contributed by atoms with van der Waals surface area (Å²) in [4.78, 5) is 31.0. The minimum absolute atomic E-state index is 0.0284. The summed E-state index contributed by atoms with van der Waals surface area (Å²) in [5.41, 5.74) is -2.56. The normalized spacial score (nSPS) is 18.1. The number of amides is 2. The smallest absolute Gasteiger partial charge is 0.344 e. The van der Waals surface area contributed by atoms with Crippen LogP contribution in [0, 0.1) is 11.6 Å². The molecule has 1 unspecified atom stereocenters. The summed E-state index contributed by atoms with van der Waals surface area (Å²) in [6.07, 6.45) is -4.94. The van der Waals surface area contributed by atoms with Gasteiger partial charge in [-0.2, -0.15) is 13.2 Å². The van der Waals surface area contributed by atoms with Gasteiger partial charge in [-0.3, -0.25) is 9.59 Å². The number of benzene rings is 2. The topological polar surface area (TPSA) is 74.3 Å². The molecular formula is C24H14ClF7N4O2. The summed E-state index contributed by atoms with van der Waals surface area (Å²) in [7, 11) is 0. The molecule has 3 aromatic rings. The van der Waals surface area contributed by atoms with Crippen molar-refractivity contribution in [2.75, 3.05) is 23.3 Å².